The van der Waals surface area contributed by atoms with Gasteiger partial charge >= 0.3 is 6.18 Å². The van der Waals surface area contributed by atoms with E-state index in [1.165, 1.54) is 6.07 Å². The van der Waals surface area contributed by atoms with Crippen molar-refractivity contribution in [1.82, 2.24) is 19.9 Å². The quantitative estimate of drug-likeness (QED) is 0.194. The Morgan fingerprint density at radius 1 is 0.385 bits per heavy atom. The average molecular weight is 683 g/mol. The van der Waals surface area contributed by atoms with E-state index < -0.39 is 11.7 Å². The van der Waals surface area contributed by atoms with Crippen molar-refractivity contribution in [3.63, 3.8) is 0 Å². The Balaban J connectivity index is 1.54. The van der Waals surface area contributed by atoms with Gasteiger partial charge in [-0.05, 0) is 64.8 Å². The zero-order chi connectivity index (χ0) is 35.2. The number of alkyl halides is 3. The smallest absolute Gasteiger partial charge is 0.354 e. The summed E-state index contributed by atoms with van der Waals surface area (Å²) in [5.41, 5.74) is 9.17. The lowest BCUT2D eigenvalue weighted by Gasteiger charge is -2.09. The Hall–Kier alpha value is -6.73. The predicted molar refractivity (Wildman–Crippen MR) is 206 cm³/mol. The molecule has 4 nitrogen and oxygen atoms in total. The van der Waals surface area contributed by atoms with Crippen LogP contribution in [-0.2, 0) is 6.18 Å². The fraction of sp³-hybridized carbons (Fsp3) is 0.0222. The van der Waals surface area contributed by atoms with Crippen molar-refractivity contribution in [3.05, 3.63) is 168 Å². The molecule has 0 unspecified atom stereocenters. The lowest BCUT2D eigenvalue weighted by molar-refractivity contribution is -0.136. The number of aromatic nitrogens is 4. The third-order valence-electron chi connectivity index (χ3n) is 9.42. The zero-order valence-electron chi connectivity index (χ0n) is 27.6. The minimum absolute atomic E-state index is 0.0582. The summed E-state index contributed by atoms with van der Waals surface area (Å²) < 4.78 is 45.7. The Bertz CT molecular complexity index is 2690. The zero-order valence-corrected chi connectivity index (χ0v) is 27.6. The van der Waals surface area contributed by atoms with Gasteiger partial charge in [0.05, 0.1) is 33.9 Å². The second-order valence-electron chi connectivity index (χ2n) is 12.7. The summed E-state index contributed by atoms with van der Waals surface area (Å²) >= 11 is 0. The molecule has 0 atom stereocenters. The first-order valence-electron chi connectivity index (χ1n) is 16.9. The van der Waals surface area contributed by atoms with Gasteiger partial charge < -0.3 is 9.97 Å². The number of hydrogen-bond acceptors (Lipinski definition) is 2. The molecule has 7 aromatic rings. The molecule has 4 aromatic carbocycles. The van der Waals surface area contributed by atoms with E-state index in [1.54, 1.807) is 6.08 Å². The number of benzene rings is 4. The summed E-state index contributed by atoms with van der Waals surface area (Å²) in [6, 6.07) is 43.5. The van der Waals surface area contributed by atoms with Crippen LogP contribution in [0.5, 0.6) is 0 Å². The normalized spacial score (nSPS) is 12.4. The maximum Gasteiger partial charge on any atom is 0.418 e. The Kier molecular flexibility index (Phi) is 7.55. The molecule has 52 heavy (non-hydrogen) atoms. The second kappa shape index (κ2) is 12.5. The van der Waals surface area contributed by atoms with Crippen LogP contribution in [0.4, 0.5) is 13.2 Å². The van der Waals surface area contributed by atoms with E-state index in [0.29, 0.717) is 44.8 Å². The first kappa shape index (κ1) is 31.3. The van der Waals surface area contributed by atoms with E-state index in [2.05, 4.69) is 9.97 Å². The topological polar surface area (TPSA) is 57.4 Å². The molecular weight excluding hydrogens is 654 g/mol. The molecular formula is C45H29F3N4. The van der Waals surface area contributed by atoms with Gasteiger partial charge in [-0.25, -0.2) is 9.97 Å². The highest BCUT2D eigenvalue weighted by atomic mass is 19.4. The lowest BCUT2D eigenvalue weighted by Crippen LogP contribution is -2.04. The van der Waals surface area contributed by atoms with E-state index in [4.69, 9.17) is 9.97 Å². The highest BCUT2D eigenvalue weighted by Crippen LogP contribution is 2.43. The van der Waals surface area contributed by atoms with Gasteiger partial charge in [-0.1, -0.05) is 121 Å². The van der Waals surface area contributed by atoms with Gasteiger partial charge in [0.15, 0.2) is 0 Å². The number of fused-ring (bicyclic) bond motifs is 8. The molecule has 2 aliphatic rings. The van der Waals surface area contributed by atoms with Gasteiger partial charge in [-0.15, -0.1) is 0 Å². The van der Waals surface area contributed by atoms with Crippen LogP contribution >= 0.6 is 0 Å². The maximum absolute atomic E-state index is 15.2. The number of H-pyrrole nitrogens is 2. The maximum atomic E-state index is 15.2. The van der Waals surface area contributed by atoms with E-state index in [0.717, 1.165) is 39.0 Å². The average Bonchev–Trinajstić information content (AvgIpc) is 4.00. The molecule has 2 N–H and O–H groups in total. The van der Waals surface area contributed by atoms with Crippen LogP contribution in [-0.4, -0.2) is 19.9 Å². The first-order chi connectivity index (χ1) is 25.4. The van der Waals surface area contributed by atoms with Crippen molar-refractivity contribution in [2.24, 2.45) is 0 Å². The van der Waals surface area contributed by atoms with E-state index >= 15 is 13.2 Å². The van der Waals surface area contributed by atoms with Crippen molar-refractivity contribution in [2.45, 2.75) is 6.18 Å². The van der Waals surface area contributed by atoms with Crippen LogP contribution in [0, 0.1) is 0 Å². The number of nitrogens with zero attached hydrogens (tertiary/aromatic N) is 2. The number of nitrogens with one attached hydrogen (secondary N) is 2. The third-order valence-corrected chi connectivity index (χ3v) is 9.42. The summed E-state index contributed by atoms with van der Waals surface area (Å²) in [5.74, 6) is 0. The molecule has 0 amide bonds. The predicted octanol–water partition coefficient (Wildman–Crippen LogP) is 12.3. The number of hydrogen-bond donors (Lipinski definition) is 2. The largest absolute Gasteiger partial charge is 0.418 e. The Labute approximate surface area is 297 Å². The fourth-order valence-electron chi connectivity index (χ4n) is 7.14. The Morgan fingerprint density at radius 3 is 1.25 bits per heavy atom. The summed E-state index contributed by atoms with van der Waals surface area (Å²) in [7, 11) is 0. The van der Waals surface area contributed by atoms with Crippen molar-refractivity contribution in [3.8, 4) is 44.5 Å². The van der Waals surface area contributed by atoms with Crippen LogP contribution < -0.4 is 0 Å². The summed E-state index contributed by atoms with van der Waals surface area (Å²) in [6.45, 7) is 0. The van der Waals surface area contributed by atoms with Crippen molar-refractivity contribution >= 4 is 46.4 Å². The molecule has 0 radical (unpaired) electrons. The number of halogens is 3. The molecule has 0 aliphatic carbocycles. The van der Waals surface area contributed by atoms with Crippen LogP contribution in [0.25, 0.3) is 90.9 Å². The monoisotopic (exact) mass is 682 g/mol. The molecule has 9 rings (SSSR count). The second-order valence-corrected chi connectivity index (χ2v) is 12.7. The van der Waals surface area contributed by atoms with E-state index in [1.807, 2.05) is 152 Å². The van der Waals surface area contributed by atoms with Crippen LogP contribution in [0.1, 0.15) is 28.3 Å². The van der Waals surface area contributed by atoms with Crippen LogP contribution in [0.15, 0.2) is 140 Å². The minimum atomic E-state index is -4.67. The third kappa shape index (κ3) is 5.53. The van der Waals surface area contributed by atoms with Gasteiger partial charge in [0.2, 0.25) is 0 Å². The van der Waals surface area contributed by atoms with Gasteiger partial charge in [0, 0.05) is 38.8 Å². The highest BCUT2D eigenvalue weighted by Gasteiger charge is 2.35. The molecule has 0 spiro atoms. The van der Waals surface area contributed by atoms with Crippen molar-refractivity contribution < 1.29 is 13.2 Å². The van der Waals surface area contributed by atoms with Crippen LogP contribution in [0.2, 0.25) is 0 Å². The van der Waals surface area contributed by atoms with Gasteiger partial charge in [0.25, 0.3) is 0 Å². The highest BCUT2D eigenvalue weighted by molar-refractivity contribution is 6.01. The molecule has 5 heterocycles. The van der Waals surface area contributed by atoms with Crippen molar-refractivity contribution in [2.75, 3.05) is 0 Å². The molecule has 0 saturated heterocycles. The molecule has 8 bridgehead atoms. The van der Waals surface area contributed by atoms with E-state index in [-0.39, 0.29) is 5.52 Å². The number of aromatic amines is 2. The molecule has 0 saturated carbocycles. The summed E-state index contributed by atoms with van der Waals surface area (Å²) in [4.78, 5) is 17.2. The summed E-state index contributed by atoms with van der Waals surface area (Å²) in [6.07, 6.45) is 2.99. The van der Waals surface area contributed by atoms with Gasteiger partial charge in [-0.2, -0.15) is 13.2 Å². The molecule has 3 aromatic heterocycles. The molecule has 0 fully saturated rings. The Morgan fingerprint density at radius 2 is 0.769 bits per heavy atom. The van der Waals surface area contributed by atoms with Crippen LogP contribution in [0.3, 0.4) is 0 Å². The standard InChI is InChI=1S/C45H29F3N4/c46-45(47,48)32-27-39-42(30-17-9-3-10-18-30)37-24-23-35(50-37)40(28-13-5-1-6-14-28)33-21-22-34(49-33)41(29-15-7-2-8-16-29)36-25-26-38(51-36)43(44(32)52-39)31-19-11-4-12-20-31/h1-27,50,52H. The fourth-order valence-corrected chi connectivity index (χ4v) is 7.14. The molecule has 7 heteroatoms. The minimum Gasteiger partial charge on any atom is -0.354 e. The SMILES string of the molecule is FC(F)(F)c1cc2[nH]c1c(-c1ccccc1)c1nc(c(-c3ccccc3)c3nc(c(-c4ccccc4)c4ccc([nH]4)c2-c2ccccc2)C=C3)C=C1. The van der Waals surface area contributed by atoms with E-state index in [9.17, 15) is 0 Å². The van der Waals surface area contributed by atoms with Gasteiger partial charge in [-0.3, -0.25) is 0 Å². The lowest BCUT2D eigenvalue weighted by atomic mass is 10.0. The molecule has 2 aliphatic heterocycles. The van der Waals surface area contributed by atoms with Crippen molar-refractivity contribution in [1.29, 1.82) is 0 Å². The first-order valence-corrected chi connectivity index (χ1v) is 16.9. The number of rotatable bonds is 4. The summed E-state index contributed by atoms with van der Waals surface area (Å²) in [5, 5.41) is 0. The molecule has 250 valence electrons. The van der Waals surface area contributed by atoms with Gasteiger partial charge in [0.1, 0.15) is 0 Å².